The van der Waals surface area contributed by atoms with Gasteiger partial charge in [0.1, 0.15) is 0 Å². The molecule has 0 amide bonds. The maximum atomic E-state index is 12.1. The van der Waals surface area contributed by atoms with E-state index in [4.69, 9.17) is 5.73 Å². The molecule has 2 N–H and O–H groups in total. The fourth-order valence-corrected chi connectivity index (χ4v) is 2.42. The van der Waals surface area contributed by atoms with Crippen LogP contribution in [0.2, 0.25) is 0 Å². The van der Waals surface area contributed by atoms with Gasteiger partial charge in [-0.25, -0.2) is 8.42 Å². The van der Waals surface area contributed by atoms with E-state index in [1.54, 1.807) is 27.0 Å². The summed E-state index contributed by atoms with van der Waals surface area (Å²) in [5, 5.41) is 0. The van der Waals surface area contributed by atoms with Crippen molar-refractivity contribution in [2.75, 3.05) is 5.73 Å². The third kappa shape index (κ3) is 2.77. The molecule has 0 aromatic carbocycles. The number of nitrogens with two attached hydrogens (primary N) is 1. The highest BCUT2D eigenvalue weighted by molar-refractivity contribution is 7.91. The maximum Gasteiger partial charge on any atom is 0.160 e. The van der Waals surface area contributed by atoms with Gasteiger partial charge < -0.3 is 5.73 Å². The number of hydrogen-bond donors (Lipinski definition) is 1. The van der Waals surface area contributed by atoms with Crippen LogP contribution in [0.25, 0.3) is 0 Å². The van der Waals surface area contributed by atoms with E-state index in [0.29, 0.717) is 11.4 Å². The summed E-state index contributed by atoms with van der Waals surface area (Å²) in [7, 11) is -3.22. The molecule has 0 bridgehead atoms. The van der Waals surface area contributed by atoms with Crippen LogP contribution in [-0.2, 0) is 15.6 Å². The molecule has 0 fully saturated rings. The lowest BCUT2D eigenvalue weighted by Crippen LogP contribution is -2.29. The first-order chi connectivity index (χ1) is 7.56. The fraction of sp³-hybridized carbons (Fsp3) is 0.583. The quantitative estimate of drug-likeness (QED) is 0.878. The molecule has 0 saturated carbocycles. The molecule has 0 radical (unpaired) electrons. The molecule has 4 nitrogen and oxygen atoms in total. The van der Waals surface area contributed by atoms with Crippen LogP contribution in [0, 0.1) is 13.8 Å². The Morgan fingerprint density at radius 2 is 1.82 bits per heavy atom. The molecule has 0 spiro atoms. The first-order valence-electron chi connectivity index (χ1n) is 5.49. The number of nitrogens with zero attached hydrogens (tertiary/aromatic N) is 1. The van der Waals surface area contributed by atoms with Crippen LogP contribution in [0.1, 0.15) is 37.6 Å². The Hall–Kier alpha value is -1.10. The van der Waals surface area contributed by atoms with Gasteiger partial charge in [0.2, 0.25) is 0 Å². The van der Waals surface area contributed by atoms with Crippen LogP contribution in [0.3, 0.4) is 0 Å². The van der Waals surface area contributed by atoms with Gasteiger partial charge in [-0.3, -0.25) is 4.98 Å². The van der Waals surface area contributed by atoms with Gasteiger partial charge in [0, 0.05) is 11.9 Å². The molecule has 17 heavy (non-hydrogen) atoms. The van der Waals surface area contributed by atoms with E-state index < -0.39 is 14.6 Å². The number of rotatable bonds is 2. The van der Waals surface area contributed by atoms with Crippen LogP contribution >= 0.6 is 0 Å². The summed E-state index contributed by atoms with van der Waals surface area (Å²) in [5.74, 6) is -0.0627. The minimum Gasteiger partial charge on any atom is -0.398 e. The number of aromatic nitrogens is 1. The smallest absolute Gasteiger partial charge is 0.160 e. The number of aryl methyl sites for hydroxylation is 1. The van der Waals surface area contributed by atoms with Crippen LogP contribution in [0.5, 0.6) is 0 Å². The standard InChI is InChI=1S/C12H20N2O2S/c1-8-6-14-10(9(2)11(8)13)7-17(15,16)12(3,4)5/h6H,7H2,1-5H3,(H2,13,14). The highest BCUT2D eigenvalue weighted by Gasteiger charge is 2.30. The molecule has 0 aliphatic rings. The second-order valence-corrected chi connectivity index (χ2v) is 8.04. The topological polar surface area (TPSA) is 73.0 Å². The van der Waals surface area contributed by atoms with Crippen molar-refractivity contribution < 1.29 is 8.42 Å². The van der Waals surface area contributed by atoms with E-state index in [1.807, 2.05) is 13.8 Å². The van der Waals surface area contributed by atoms with E-state index >= 15 is 0 Å². The Morgan fingerprint density at radius 3 is 2.29 bits per heavy atom. The van der Waals surface area contributed by atoms with E-state index in [9.17, 15) is 8.42 Å². The van der Waals surface area contributed by atoms with Gasteiger partial charge in [-0.15, -0.1) is 0 Å². The molecule has 1 heterocycles. The van der Waals surface area contributed by atoms with E-state index in [2.05, 4.69) is 4.98 Å². The zero-order valence-corrected chi connectivity index (χ0v) is 11.9. The largest absolute Gasteiger partial charge is 0.398 e. The SMILES string of the molecule is Cc1cnc(CS(=O)(=O)C(C)(C)C)c(C)c1N. The third-order valence-corrected chi connectivity index (χ3v) is 5.46. The van der Waals surface area contributed by atoms with E-state index in [0.717, 1.165) is 11.1 Å². The van der Waals surface area contributed by atoms with Crippen molar-refractivity contribution in [2.24, 2.45) is 0 Å². The molecule has 1 rings (SSSR count). The van der Waals surface area contributed by atoms with Gasteiger partial charge in [0.25, 0.3) is 0 Å². The molecule has 0 aliphatic heterocycles. The summed E-state index contributed by atoms with van der Waals surface area (Å²) in [6, 6.07) is 0. The Bertz CT molecular complexity index is 528. The van der Waals surface area contributed by atoms with Crippen LogP contribution in [0.4, 0.5) is 5.69 Å². The zero-order valence-electron chi connectivity index (χ0n) is 11.0. The fourth-order valence-electron chi connectivity index (χ4n) is 1.33. The predicted molar refractivity (Wildman–Crippen MR) is 70.5 cm³/mol. The van der Waals surface area contributed by atoms with Crippen molar-refractivity contribution in [3.63, 3.8) is 0 Å². The number of anilines is 1. The summed E-state index contributed by atoms with van der Waals surface area (Å²) >= 11 is 0. The predicted octanol–water partition coefficient (Wildman–Crippen LogP) is 1.99. The molecule has 0 unspecified atom stereocenters. The number of sulfone groups is 1. The summed E-state index contributed by atoms with van der Waals surface area (Å²) < 4.78 is 23.4. The Kier molecular flexibility index (Phi) is 3.52. The lowest BCUT2D eigenvalue weighted by Gasteiger charge is -2.20. The van der Waals surface area contributed by atoms with Crippen LogP contribution in [-0.4, -0.2) is 18.1 Å². The van der Waals surface area contributed by atoms with E-state index in [1.165, 1.54) is 0 Å². The average molecular weight is 256 g/mol. The van der Waals surface area contributed by atoms with Crippen molar-refractivity contribution in [1.29, 1.82) is 0 Å². The minimum atomic E-state index is -3.22. The summed E-state index contributed by atoms with van der Waals surface area (Å²) in [6.45, 7) is 8.74. The van der Waals surface area contributed by atoms with Crippen LogP contribution in [0.15, 0.2) is 6.20 Å². The lowest BCUT2D eigenvalue weighted by molar-refractivity contribution is 0.558. The van der Waals surface area contributed by atoms with Gasteiger partial charge in [-0.1, -0.05) is 0 Å². The normalized spacial score (nSPS) is 12.8. The van der Waals surface area contributed by atoms with Crippen molar-refractivity contribution in [3.05, 3.63) is 23.0 Å². The molecule has 1 aromatic rings. The Balaban J connectivity index is 3.19. The third-order valence-electron chi connectivity index (χ3n) is 2.94. The van der Waals surface area contributed by atoms with Crippen molar-refractivity contribution >= 4 is 15.5 Å². The Labute approximate surface area is 103 Å². The molecular weight excluding hydrogens is 236 g/mol. The number of pyridine rings is 1. The van der Waals surface area contributed by atoms with Crippen molar-refractivity contribution in [2.45, 2.75) is 45.1 Å². The second kappa shape index (κ2) is 4.29. The van der Waals surface area contributed by atoms with Crippen LogP contribution < -0.4 is 5.73 Å². The minimum absolute atomic E-state index is 0.0627. The first-order valence-corrected chi connectivity index (χ1v) is 7.14. The molecule has 96 valence electrons. The van der Waals surface area contributed by atoms with Gasteiger partial charge in [-0.2, -0.15) is 0 Å². The highest BCUT2D eigenvalue weighted by atomic mass is 32.2. The first kappa shape index (κ1) is 14.0. The van der Waals surface area contributed by atoms with E-state index in [-0.39, 0.29) is 5.75 Å². The average Bonchev–Trinajstić information content (AvgIpc) is 2.17. The number of nitrogen functional groups attached to an aromatic ring is 1. The van der Waals surface area contributed by atoms with Gasteiger partial charge >= 0.3 is 0 Å². The van der Waals surface area contributed by atoms with Gasteiger partial charge in [0.15, 0.2) is 9.84 Å². The number of hydrogen-bond acceptors (Lipinski definition) is 4. The maximum absolute atomic E-state index is 12.1. The molecule has 0 aliphatic carbocycles. The molecular formula is C12H20N2O2S. The van der Waals surface area contributed by atoms with Gasteiger partial charge in [0.05, 0.1) is 16.2 Å². The summed E-state index contributed by atoms with van der Waals surface area (Å²) in [6.07, 6.45) is 1.62. The van der Waals surface area contributed by atoms with Crippen molar-refractivity contribution in [3.8, 4) is 0 Å². The molecule has 1 aromatic heterocycles. The zero-order chi connectivity index (χ0) is 13.4. The lowest BCUT2D eigenvalue weighted by atomic mass is 10.1. The summed E-state index contributed by atoms with van der Waals surface area (Å²) in [4.78, 5) is 4.18. The summed E-state index contributed by atoms with van der Waals surface area (Å²) in [5.41, 5.74) is 8.68. The Morgan fingerprint density at radius 1 is 1.29 bits per heavy atom. The molecule has 5 heteroatoms. The van der Waals surface area contributed by atoms with Crippen molar-refractivity contribution in [1.82, 2.24) is 4.98 Å². The molecule has 0 atom stereocenters. The highest BCUT2D eigenvalue weighted by Crippen LogP contribution is 2.24. The second-order valence-electron chi connectivity index (χ2n) is 5.30. The van der Waals surface area contributed by atoms with Gasteiger partial charge in [-0.05, 0) is 45.7 Å². The molecule has 0 saturated heterocycles. The monoisotopic (exact) mass is 256 g/mol.